The summed E-state index contributed by atoms with van der Waals surface area (Å²) in [4.78, 5) is 18.2. The maximum Gasteiger partial charge on any atom is 0.253 e. The monoisotopic (exact) mass is 284 g/mol. The van der Waals surface area contributed by atoms with Gasteiger partial charge in [-0.3, -0.25) is 9.69 Å². The molecular weight excluding hydrogens is 272 g/mol. The van der Waals surface area contributed by atoms with E-state index in [9.17, 15) is 4.79 Å². The van der Waals surface area contributed by atoms with Crippen molar-refractivity contribution >= 4 is 23.3 Å². The summed E-state index contributed by atoms with van der Waals surface area (Å²) in [6, 6.07) is 13.0. The van der Waals surface area contributed by atoms with Crippen LogP contribution in [0.5, 0.6) is 0 Å². The lowest BCUT2D eigenvalue weighted by atomic mass is 10.0. The number of anilines is 1. The Morgan fingerprint density at radius 2 is 1.90 bits per heavy atom. The number of benzene rings is 1. The SMILES string of the molecule is CC1=CC(=O)N(c2ccccn2)C1c1ccc(Cl)cc1. The third-order valence-corrected chi connectivity index (χ3v) is 3.61. The van der Waals surface area contributed by atoms with Crippen LogP contribution in [0.4, 0.5) is 5.82 Å². The van der Waals surface area contributed by atoms with Gasteiger partial charge in [0.15, 0.2) is 0 Å². The highest BCUT2D eigenvalue weighted by molar-refractivity contribution is 6.30. The van der Waals surface area contributed by atoms with Crippen molar-refractivity contribution in [3.8, 4) is 0 Å². The number of rotatable bonds is 2. The predicted molar refractivity (Wildman–Crippen MR) is 79.7 cm³/mol. The van der Waals surface area contributed by atoms with Crippen LogP contribution in [0, 0.1) is 0 Å². The Morgan fingerprint density at radius 1 is 1.15 bits per heavy atom. The van der Waals surface area contributed by atoms with Gasteiger partial charge >= 0.3 is 0 Å². The molecule has 2 heterocycles. The molecule has 2 aromatic rings. The maximum absolute atomic E-state index is 12.2. The van der Waals surface area contributed by atoms with Crippen LogP contribution < -0.4 is 4.90 Å². The van der Waals surface area contributed by atoms with Crippen LogP contribution in [0.3, 0.4) is 0 Å². The van der Waals surface area contributed by atoms with Gasteiger partial charge in [0.25, 0.3) is 5.91 Å². The molecule has 1 aliphatic heterocycles. The fraction of sp³-hybridized carbons (Fsp3) is 0.125. The zero-order chi connectivity index (χ0) is 14.1. The molecule has 0 saturated carbocycles. The number of carbonyl (C=O) groups excluding carboxylic acids is 1. The predicted octanol–water partition coefficient (Wildman–Crippen LogP) is 3.77. The van der Waals surface area contributed by atoms with Crippen LogP contribution >= 0.6 is 11.6 Å². The molecule has 0 N–H and O–H groups in total. The molecule has 20 heavy (non-hydrogen) atoms. The molecule has 1 aromatic carbocycles. The van der Waals surface area contributed by atoms with Gasteiger partial charge in [0.2, 0.25) is 0 Å². The lowest BCUT2D eigenvalue weighted by Gasteiger charge is -2.26. The van der Waals surface area contributed by atoms with E-state index in [4.69, 9.17) is 11.6 Å². The molecule has 1 aliphatic rings. The van der Waals surface area contributed by atoms with Gasteiger partial charge in [-0.15, -0.1) is 0 Å². The standard InChI is InChI=1S/C16H13ClN2O/c1-11-10-15(20)19(14-4-2-3-9-18-14)16(11)12-5-7-13(17)8-6-12/h2-10,16H,1H3. The molecule has 1 unspecified atom stereocenters. The Bertz CT molecular complexity index is 665. The first-order chi connectivity index (χ1) is 9.66. The summed E-state index contributed by atoms with van der Waals surface area (Å²) in [7, 11) is 0. The second-order valence-electron chi connectivity index (χ2n) is 4.74. The Morgan fingerprint density at radius 3 is 2.55 bits per heavy atom. The van der Waals surface area contributed by atoms with Crippen molar-refractivity contribution in [1.29, 1.82) is 0 Å². The first-order valence-electron chi connectivity index (χ1n) is 6.35. The first kappa shape index (κ1) is 12.9. The summed E-state index contributed by atoms with van der Waals surface area (Å²) >= 11 is 5.93. The van der Waals surface area contributed by atoms with Crippen LogP contribution in [0.15, 0.2) is 60.3 Å². The maximum atomic E-state index is 12.2. The molecule has 100 valence electrons. The highest BCUT2D eigenvalue weighted by Crippen LogP contribution is 2.36. The molecule has 3 nitrogen and oxygen atoms in total. The van der Waals surface area contributed by atoms with E-state index < -0.39 is 0 Å². The fourth-order valence-electron chi connectivity index (χ4n) is 2.47. The summed E-state index contributed by atoms with van der Waals surface area (Å²) in [6.07, 6.45) is 3.35. The van der Waals surface area contributed by atoms with Crippen LogP contribution in [-0.2, 0) is 4.79 Å². The topological polar surface area (TPSA) is 33.2 Å². The highest BCUT2D eigenvalue weighted by atomic mass is 35.5. The van der Waals surface area contributed by atoms with Gasteiger partial charge in [-0.25, -0.2) is 4.98 Å². The Kier molecular flexibility index (Phi) is 3.28. The third-order valence-electron chi connectivity index (χ3n) is 3.36. The molecule has 3 rings (SSSR count). The average molecular weight is 285 g/mol. The summed E-state index contributed by atoms with van der Waals surface area (Å²) in [5.41, 5.74) is 2.03. The van der Waals surface area contributed by atoms with Crippen LogP contribution in [0.25, 0.3) is 0 Å². The quantitative estimate of drug-likeness (QED) is 0.841. The van der Waals surface area contributed by atoms with Crippen molar-refractivity contribution < 1.29 is 4.79 Å². The van der Waals surface area contributed by atoms with Gasteiger partial charge in [0, 0.05) is 17.3 Å². The van der Waals surface area contributed by atoms with E-state index in [1.54, 1.807) is 17.2 Å². The van der Waals surface area contributed by atoms with E-state index in [0.29, 0.717) is 10.8 Å². The van der Waals surface area contributed by atoms with Gasteiger partial charge in [0.1, 0.15) is 5.82 Å². The van der Waals surface area contributed by atoms with Gasteiger partial charge in [-0.2, -0.15) is 0 Å². The normalized spacial score (nSPS) is 18.3. The second kappa shape index (κ2) is 5.10. The van der Waals surface area contributed by atoms with E-state index in [-0.39, 0.29) is 11.9 Å². The number of amides is 1. The lowest BCUT2D eigenvalue weighted by Crippen LogP contribution is -2.29. The molecule has 1 amide bonds. The zero-order valence-electron chi connectivity index (χ0n) is 11.0. The largest absolute Gasteiger partial charge is 0.282 e. The van der Waals surface area contributed by atoms with E-state index in [1.165, 1.54) is 0 Å². The zero-order valence-corrected chi connectivity index (χ0v) is 11.7. The first-order valence-corrected chi connectivity index (χ1v) is 6.72. The molecule has 0 aliphatic carbocycles. The van der Waals surface area contributed by atoms with Gasteiger partial charge in [0.05, 0.1) is 6.04 Å². The summed E-state index contributed by atoms with van der Waals surface area (Å²) in [5.74, 6) is 0.617. The number of hydrogen-bond donors (Lipinski definition) is 0. The Balaban J connectivity index is 2.04. The molecular formula is C16H13ClN2O. The lowest BCUT2D eigenvalue weighted by molar-refractivity contribution is -0.114. The molecule has 0 fully saturated rings. The van der Waals surface area contributed by atoms with Crippen molar-refractivity contribution in [2.75, 3.05) is 4.90 Å². The minimum absolute atomic E-state index is 0.0406. The summed E-state index contributed by atoms with van der Waals surface area (Å²) in [6.45, 7) is 1.96. The number of hydrogen-bond acceptors (Lipinski definition) is 2. The van der Waals surface area contributed by atoms with E-state index >= 15 is 0 Å². The molecule has 0 radical (unpaired) electrons. The number of aromatic nitrogens is 1. The molecule has 1 aromatic heterocycles. The van der Waals surface area contributed by atoms with Gasteiger partial charge in [-0.05, 0) is 42.3 Å². The number of pyridine rings is 1. The fourth-order valence-corrected chi connectivity index (χ4v) is 2.60. The Hall–Kier alpha value is -2.13. The van der Waals surface area contributed by atoms with Crippen LogP contribution in [0.1, 0.15) is 18.5 Å². The van der Waals surface area contributed by atoms with Crippen molar-refractivity contribution in [1.82, 2.24) is 4.98 Å². The van der Waals surface area contributed by atoms with E-state index in [1.807, 2.05) is 49.4 Å². The molecule has 0 bridgehead atoms. The summed E-state index contributed by atoms with van der Waals surface area (Å²) in [5, 5.41) is 0.684. The molecule has 0 spiro atoms. The number of halogens is 1. The minimum atomic E-state index is -0.116. The minimum Gasteiger partial charge on any atom is -0.282 e. The number of carbonyl (C=O) groups is 1. The van der Waals surface area contributed by atoms with E-state index in [0.717, 1.165) is 11.1 Å². The summed E-state index contributed by atoms with van der Waals surface area (Å²) < 4.78 is 0. The van der Waals surface area contributed by atoms with Crippen molar-refractivity contribution in [2.24, 2.45) is 0 Å². The van der Waals surface area contributed by atoms with Crippen molar-refractivity contribution in [3.05, 3.63) is 70.9 Å². The van der Waals surface area contributed by atoms with Crippen molar-refractivity contribution in [3.63, 3.8) is 0 Å². The molecule has 0 saturated heterocycles. The Labute approximate surface area is 122 Å². The van der Waals surface area contributed by atoms with Crippen LogP contribution in [-0.4, -0.2) is 10.9 Å². The second-order valence-corrected chi connectivity index (χ2v) is 5.18. The third kappa shape index (κ3) is 2.21. The van der Waals surface area contributed by atoms with Crippen LogP contribution in [0.2, 0.25) is 5.02 Å². The van der Waals surface area contributed by atoms with Gasteiger partial charge < -0.3 is 0 Å². The van der Waals surface area contributed by atoms with Gasteiger partial charge in [-0.1, -0.05) is 29.8 Å². The van der Waals surface area contributed by atoms with Crippen molar-refractivity contribution in [2.45, 2.75) is 13.0 Å². The average Bonchev–Trinajstić information content (AvgIpc) is 2.75. The number of nitrogens with zero attached hydrogens (tertiary/aromatic N) is 2. The van der Waals surface area contributed by atoms with E-state index in [2.05, 4.69) is 4.98 Å². The molecule has 1 atom stereocenters. The molecule has 4 heteroatoms. The highest BCUT2D eigenvalue weighted by Gasteiger charge is 2.33. The smallest absolute Gasteiger partial charge is 0.253 e.